The molecule has 6 heteroatoms. The fraction of sp³-hybridized carbons (Fsp3) is 0.467. The smallest absolute Gasteiger partial charge is 0.232 e. The van der Waals surface area contributed by atoms with Crippen LogP contribution in [0, 0.1) is 11.6 Å². The van der Waals surface area contributed by atoms with Gasteiger partial charge in [0.15, 0.2) is 5.82 Å². The third-order valence-corrected chi connectivity index (χ3v) is 3.98. The van der Waals surface area contributed by atoms with Gasteiger partial charge in [0.1, 0.15) is 11.6 Å². The largest absolute Gasteiger partial charge is 0.339 e. The van der Waals surface area contributed by atoms with Crippen LogP contribution in [0.5, 0.6) is 0 Å². The molecule has 1 saturated heterocycles. The number of hydrogen-bond donors (Lipinski definition) is 1. The highest BCUT2D eigenvalue weighted by molar-refractivity contribution is 5.21. The Hall–Kier alpha value is -1.82. The highest BCUT2D eigenvalue weighted by Gasteiger charge is 2.34. The van der Waals surface area contributed by atoms with Gasteiger partial charge in [0.2, 0.25) is 5.89 Å². The lowest BCUT2D eigenvalue weighted by Crippen LogP contribution is -2.37. The average Bonchev–Trinajstić information content (AvgIpc) is 2.87. The molecule has 2 heterocycles. The van der Waals surface area contributed by atoms with Crippen molar-refractivity contribution in [1.82, 2.24) is 15.5 Å². The summed E-state index contributed by atoms with van der Waals surface area (Å²) in [5.41, 5.74) is 0.374. The van der Waals surface area contributed by atoms with Crippen molar-refractivity contribution in [3.05, 3.63) is 47.1 Å². The van der Waals surface area contributed by atoms with Gasteiger partial charge in [0.05, 0.1) is 0 Å². The molecule has 1 aliphatic heterocycles. The minimum absolute atomic E-state index is 0.121. The number of benzene rings is 1. The molecule has 2 aromatic rings. The third kappa shape index (κ3) is 3.10. The summed E-state index contributed by atoms with van der Waals surface area (Å²) >= 11 is 0. The zero-order valence-corrected chi connectivity index (χ0v) is 11.8. The van der Waals surface area contributed by atoms with Crippen LogP contribution in [0.3, 0.4) is 0 Å². The molecule has 21 heavy (non-hydrogen) atoms. The van der Waals surface area contributed by atoms with E-state index in [1.807, 2.05) is 0 Å². The van der Waals surface area contributed by atoms with Crippen molar-refractivity contribution in [1.29, 1.82) is 0 Å². The summed E-state index contributed by atoms with van der Waals surface area (Å²) in [5.74, 6) is -0.135. The quantitative estimate of drug-likeness (QED) is 0.945. The van der Waals surface area contributed by atoms with Crippen LogP contribution in [-0.4, -0.2) is 23.2 Å². The molecule has 0 spiro atoms. The van der Waals surface area contributed by atoms with E-state index in [4.69, 9.17) is 4.52 Å². The minimum atomic E-state index is -0.598. The lowest BCUT2D eigenvalue weighted by molar-refractivity contribution is 0.240. The summed E-state index contributed by atoms with van der Waals surface area (Å²) in [4.78, 5) is 4.41. The maximum absolute atomic E-state index is 13.2. The second-order valence-corrected chi connectivity index (χ2v) is 5.78. The molecule has 3 rings (SSSR count). The molecular weight excluding hydrogens is 276 g/mol. The van der Waals surface area contributed by atoms with Gasteiger partial charge in [-0.15, -0.1) is 0 Å². The summed E-state index contributed by atoms with van der Waals surface area (Å²) in [6.07, 6.45) is 2.12. The molecule has 0 saturated carbocycles. The Bertz CT molecular complexity index is 615. The van der Waals surface area contributed by atoms with E-state index in [2.05, 4.69) is 22.4 Å². The number of hydrogen-bond acceptors (Lipinski definition) is 4. The highest BCUT2D eigenvalue weighted by Crippen LogP contribution is 2.31. The SMILES string of the molecule is CC1(c2nc(Cc3cc(F)cc(F)c3)no2)CCNCC1. The fourth-order valence-corrected chi connectivity index (χ4v) is 2.66. The molecular formula is C15H17F2N3O. The highest BCUT2D eigenvalue weighted by atomic mass is 19.1. The topological polar surface area (TPSA) is 51.0 Å². The van der Waals surface area contributed by atoms with E-state index in [1.54, 1.807) is 0 Å². The van der Waals surface area contributed by atoms with Gasteiger partial charge in [0, 0.05) is 17.9 Å². The van der Waals surface area contributed by atoms with Crippen LogP contribution in [-0.2, 0) is 11.8 Å². The van der Waals surface area contributed by atoms with Crippen molar-refractivity contribution in [2.24, 2.45) is 0 Å². The first-order valence-electron chi connectivity index (χ1n) is 7.04. The van der Waals surface area contributed by atoms with E-state index in [0.29, 0.717) is 17.3 Å². The predicted octanol–water partition coefficient (Wildman–Crippen LogP) is 2.58. The van der Waals surface area contributed by atoms with Crippen LogP contribution >= 0.6 is 0 Å². The Morgan fingerprint density at radius 2 is 1.86 bits per heavy atom. The maximum atomic E-state index is 13.2. The van der Waals surface area contributed by atoms with Gasteiger partial charge in [0.25, 0.3) is 0 Å². The number of nitrogens with one attached hydrogen (secondary N) is 1. The number of rotatable bonds is 3. The first-order valence-corrected chi connectivity index (χ1v) is 7.04. The normalized spacial score (nSPS) is 17.9. The van der Waals surface area contributed by atoms with E-state index in [1.165, 1.54) is 12.1 Å². The van der Waals surface area contributed by atoms with Gasteiger partial charge in [-0.25, -0.2) is 8.78 Å². The predicted molar refractivity (Wildman–Crippen MR) is 72.9 cm³/mol. The van der Waals surface area contributed by atoms with Crippen LogP contribution in [0.15, 0.2) is 22.7 Å². The second kappa shape index (κ2) is 5.52. The maximum Gasteiger partial charge on any atom is 0.232 e. The summed E-state index contributed by atoms with van der Waals surface area (Å²) in [7, 11) is 0. The van der Waals surface area contributed by atoms with E-state index in [-0.39, 0.29) is 11.8 Å². The molecule has 112 valence electrons. The molecule has 1 N–H and O–H groups in total. The summed E-state index contributed by atoms with van der Waals surface area (Å²) < 4.78 is 31.7. The number of piperidine rings is 1. The third-order valence-electron chi connectivity index (χ3n) is 3.98. The van der Waals surface area contributed by atoms with Gasteiger partial charge in [-0.3, -0.25) is 0 Å². The molecule has 1 fully saturated rings. The molecule has 0 unspecified atom stereocenters. The number of halogens is 2. The molecule has 0 bridgehead atoms. The monoisotopic (exact) mass is 293 g/mol. The molecule has 1 aromatic carbocycles. The van der Waals surface area contributed by atoms with Crippen LogP contribution in [0.4, 0.5) is 8.78 Å². The lowest BCUT2D eigenvalue weighted by Gasteiger charge is -2.30. The molecule has 0 radical (unpaired) electrons. The molecule has 0 amide bonds. The van der Waals surface area contributed by atoms with Crippen LogP contribution in [0.25, 0.3) is 0 Å². The number of aromatic nitrogens is 2. The zero-order chi connectivity index (χ0) is 14.9. The second-order valence-electron chi connectivity index (χ2n) is 5.78. The molecule has 1 aliphatic rings. The Morgan fingerprint density at radius 3 is 2.52 bits per heavy atom. The van der Waals surface area contributed by atoms with Crippen molar-refractivity contribution < 1.29 is 13.3 Å². The zero-order valence-electron chi connectivity index (χ0n) is 11.8. The van der Waals surface area contributed by atoms with Crippen molar-refractivity contribution in [3.8, 4) is 0 Å². The van der Waals surface area contributed by atoms with Gasteiger partial charge in [-0.05, 0) is 43.6 Å². The number of nitrogens with zero attached hydrogens (tertiary/aromatic N) is 2. The summed E-state index contributed by atoms with van der Waals surface area (Å²) in [5, 5.41) is 7.24. The van der Waals surface area contributed by atoms with Crippen LogP contribution in [0.1, 0.15) is 37.0 Å². The minimum Gasteiger partial charge on any atom is -0.339 e. The summed E-state index contributed by atoms with van der Waals surface area (Å²) in [6.45, 7) is 3.94. The average molecular weight is 293 g/mol. The Morgan fingerprint density at radius 1 is 1.19 bits per heavy atom. The Kier molecular flexibility index (Phi) is 3.71. The molecule has 0 atom stereocenters. The van der Waals surface area contributed by atoms with E-state index in [0.717, 1.165) is 32.0 Å². The van der Waals surface area contributed by atoms with Crippen molar-refractivity contribution in [2.75, 3.05) is 13.1 Å². The van der Waals surface area contributed by atoms with Crippen LogP contribution in [0.2, 0.25) is 0 Å². The molecule has 4 nitrogen and oxygen atoms in total. The standard InChI is InChI=1S/C15H17F2N3O/c1-15(2-4-18-5-3-15)14-19-13(20-21-14)8-10-6-11(16)9-12(17)7-10/h6-7,9,18H,2-5,8H2,1H3. The molecule has 1 aromatic heterocycles. The van der Waals surface area contributed by atoms with Crippen molar-refractivity contribution >= 4 is 0 Å². The molecule has 0 aliphatic carbocycles. The Balaban J connectivity index is 1.78. The van der Waals surface area contributed by atoms with E-state index >= 15 is 0 Å². The lowest BCUT2D eigenvalue weighted by atomic mass is 9.81. The van der Waals surface area contributed by atoms with Crippen LogP contribution < -0.4 is 5.32 Å². The van der Waals surface area contributed by atoms with Gasteiger partial charge < -0.3 is 9.84 Å². The Labute approximate surface area is 121 Å². The van der Waals surface area contributed by atoms with E-state index < -0.39 is 11.6 Å². The van der Waals surface area contributed by atoms with Gasteiger partial charge in [-0.2, -0.15) is 4.98 Å². The first-order chi connectivity index (χ1) is 10.0. The summed E-state index contributed by atoms with van der Waals surface area (Å²) in [6, 6.07) is 3.41. The fourth-order valence-electron chi connectivity index (χ4n) is 2.66. The van der Waals surface area contributed by atoms with Gasteiger partial charge >= 0.3 is 0 Å². The van der Waals surface area contributed by atoms with Crippen molar-refractivity contribution in [2.45, 2.75) is 31.6 Å². The van der Waals surface area contributed by atoms with Crippen molar-refractivity contribution in [3.63, 3.8) is 0 Å². The van der Waals surface area contributed by atoms with E-state index in [9.17, 15) is 8.78 Å². The first kappa shape index (κ1) is 14.1. The van der Waals surface area contributed by atoms with Gasteiger partial charge in [-0.1, -0.05) is 12.1 Å².